The minimum Gasteiger partial charge on any atom is -0.371 e. The van der Waals surface area contributed by atoms with Crippen LogP contribution in [0, 0.1) is 5.82 Å². The van der Waals surface area contributed by atoms with Crippen LogP contribution in [0.5, 0.6) is 0 Å². The minimum atomic E-state index is -0.657. The summed E-state index contributed by atoms with van der Waals surface area (Å²) in [5, 5.41) is 7.01. The predicted octanol–water partition coefficient (Wildman–Crippen LogP) is 1.65. The number of carbonyl (C=O) groups excluding carboxylic acids is 1. The molecule has 0 aromatic carbocycles. The molecule has 5 nitrogen and oxygen atoms in total. The summed E-state index contributed by atoms with van der Waals surface area (Å²) in [5.74, 6) is -1.09. The topological polar surface area (TPSA) is 66.9 Å². The molecule has 1 amide bonds. The molecule has 2 N–H and O–H groups in total. The summed E-state index contributed by atoms with van der Waals surface area (Å²) in [6, 6.07) is 1.34. The lowest BCUT2D eigenvalue weighted by Crippen LogP contribution is -2.24. The molecule has 0 unspecified atom stereocenters. The van der Waals surface area contributed by atoms with E-state index in [1.54, 1.807) is 12.6 Å². The molecule has 0 spiro atoms. The van der Waals surface area contributed by atoms with E-state index < -0.39 is 11.7 Å². The SMILES string of the molecule is CNc1nccc(C(=O)NCc2cscn2)c1F. The second kappa shape index (κ2) is 5.54. The lowest BCUT2D eigenvalue weighted by molar-refractivity contribution is 0.0946. The molecule has 0 saturated carbocycles. The van der Waals surface area contributed by atoms with E-state index >= 15 is 0 Å². The second-order valence-electron chi connectivity index (χ2n) is 3.43. The summed E-state index contributed by atoms with van der Waals surface area (Å²) >= 11 is 1.44. The quantitative estimate of drug-likeness (QED) is 0.883. The van der Waals surface area contributed by atoms with Crippen molar-refractivity contribution in [2.75, 3.05) is 12.4 Å². The van der Waals surface area contributed by atoms with Gasteiger partial charge in [0, 0.05) is 18.6 Å². The molecule has 0 aliphatic heterocycles. The highest BCUT2D eigenvalue weighted by Gasteiger charge is 2.15. The highest BCUT2D eigenvalue weighted by Crippen LogP contribution is 2.14. The number of aromatic nitrogens is 2. The largest absolute Gasteiger partial charge is 0.371 e. The van der Waals surface area contributed by atoms with E-state index in [2.05, 4.69) is 20.6 Å². The highest BCUT2D eigenvalue weighted by atomic mass is 32.1. The Hall–Kier alpha value is -2.02. The van der Waals surface area contributed by atoms with E-state index in [-0.39, 0.29) is 17.9 Å². The van der Waals surface area contributed by atoms with Crippen LogP contribution in [0.15, 0.2) is 23.2 Å². The Morgan fingerprint density at radius 3 is 3.00 bits per heavy atom. The molecule has 18 heavy (non-hydrogen) atoms. The molecule has 2 rings (SSSR count). The molecule has 2 heterocycles. The van der Waals surface area contributed by atoms with Crippen molar-refractivity contribution in [3.05, 3.63) is 40.2 Å². The smallest absolute Gasteiger partial charge is 0.254 e. The highest BCUT2D eigenvalue weighted by molar-refractivity contribution is 7.07. The third-order valence-corrected chi connectivity index (χ3v) is 2.92. The van der Waals surface area contributed by atoms with Gasteiger partial charge in [-0.3, -0.25) is 4.79 Å². The van der Waals surface area contributed by atoms with E-state index in [0.29, 0.717) is 0 Å². The number of rotatable bonds is 4. The van der Waals surface area contributed by atoms with Gasteiger partial charge in [0.15, 0.2) is 11.6 Å². The molecular formula is C11H11FN4OS. The first-order chi connectivity index (χ1) is 8.72. The van der Waals surface area contributed by atoms with Crippen molar-refractivity contribution in [3.8, 4) is 0 Å². The van der Waals surface area contributed by atoms with Crippen molar-refractivity contribution in [1.82, 2.24) is 15.3 Å². The van der Waals surface area contributed by atoms with Crippen LogP contribution in [0.4, 0.5) is 10.2 Å². The molecular weight excluding hydrogens is 255 g/mol. The summed E-state index contributed by atoms with van der Waals surface area (Å²) in [6.45, 7) is 0.277. The van der Waals surface area contributed by atoms with Crippen molar-refractivity contribution in [2.45, 2.75) is 6.54 Å². The van der Waals surface area contributed by atoms with Gasteiger partial charge in [-0.05, 0) is 6.07 Å². The van der Waals surface area contributed by atoms with E-state index in [9.17, 15) is 9.18 Å². The van der Waals surface area contributed by atoms with Crippen molar-refractivity contribution >= 4 is 23.1 Å². The second-order valence-corrected chi connectivity index (χ2v) is 4.15. The van der Waals surface area contributed by atoms with E-state index in [1.807, 2.05) is 5.38 Å². The number of hydrogen-bond donors (Lipinski definition) is 2. The lowest BCUT2D eigenvalue weighted by Gasteiger charge is -2.07. The molecule has 0 saturated heterocycles. The predicted molar refractivity (Wildman–Crippen MR) is 67.0 cm³/mol. The Morgan fingerprint density at radius 1 is 1.50 bits per heavy atom. The molecule has 2 aromatic heterocycles. The van der Waals surface area contributed by atoms with Crippen molar-refractivity contribution in [3.63, 3.8) is 0 Å². The third kappa shape index (κ3) is 2.62. The molecule has 0 aliphatic rings. The number of halogens is 1. The number of nitrogens with one attached hydrogen (secondary N) is 2. The van der Waals surface area contributed by atoms with Crippen LogP contribution in [-0.2, 0) is 6.54 Å². The Labute approximate surface area is 107 Å². The monoisotopic (exact) mass is 266 g/mol. The molecule has 0 radical (unpaired) electrons. The number of amides is 1. The van der Waals surface area contributed by atoms with Crippen LogP contribution < -0.4 is 10.6 Å². The molecule has 0 aliphatic carbocycles. The fourth-order valence-electron chi connectivity index (χ4n) is 1.38. The first kappa shape index (κ1) is 12.4. The van der Waals surface area contributed by atoms with Gasteiger partial charge >= 0.3 is 0 Å². The zero-order valence-corrected chi connectivity index (χ0v) is 10.4. The van der Waals surface area contributed by atoms with Gasteiger partial charge in [0.1, 0.15) is 0 Å². The van der Waals surface area contributed by atoms with Crippen molar-refractivity contribution < 1.29 is 9.18 Å². The summed E-state index contributed by atoms with van der Waals surface area (Å²) in [7, 11) is 1.54. The van der Waals surface area contributed by atoms with Crippen LogP contribution in [0.1, 0.15) is 16.1 Å². The molecule has 7 heteroatoms. The van der Waals surface area contributed by atoms with Gasteiger partial charge in [0.2, 0.25) is 0 Å². The number of nitrogens with zero attached hydrogens (tertiary/aromatic N) is 2. The zero-order chi connectivity index (χ0) is 13.0. The van der Waals surface area contributed by atoms with Gasteiger partial charge in [-0.2, -0.15) is 0 Å². The lowest BCUT2D eigenvalue weighted by atomic mass is 10.2. The van der Waals surface area contributed by atoms with Crippen LogP contribution in [0.25, 0.3) is 0 Å². The first-order valence-electron chi connectivity index (χ1n) is 5.20. The van der Waals surface area contributed by atoms with Crippen molar-refractivity contribution in [1.29, 1.82) is 0 Å². The number of hydrogen-bond acceptors (Lipinski definition) is 5. The van der Waals surface area contributed by atoms with E-state index in [4.69, 9.17) is 0 Å². The normalized spacial score (nSPS) is 10.1. The van der Waals surface area contributed by atoms with Crippen LogP contribution in [0.2, 0.25) is 0 Å². The number of thiazole rings is 1. The average molecular weight is 266 g/mol. The Morgan fingerprint density at radius 2 is 2.33 bits per heavy atom. The zero-order valence-electron chi connectivity index (χ0n) is 9.61. The van der Waals surface area contributed by atoms with E-state index in [0.717, 1.165) is 5.69 Å². The van der Waals surface area contributed by atoms with Gasteiger partial charge in [-0.15, -0.1) is 11.3 Å². The van der Waals surface area contributed by atoms with Gasteiger partial charge in [-0.1, -0.05) is 0 Å². The molecule has 2 aromatic rings. The first-order valence-corrected chi connectivity index (χ1v) is 6.14. The fraction of sp³-hybridized carbons (Fsp3) is 0.182. The fourth-order valence-corrected chi connectivity index (χ4v) is 1.94. The maximum Gasteiger partial charge on any atom is 0.254 e. The summed E-state index contributed by atoms with van der Waals surface area (Å²) in [6.07, 6.45) is 1.38. The number of carbonyl (C=O) groups is 1. The Bertz CT molecular complexity index is 544. The number of anilines is 1. The third-order valence-electron chi connectivity index (χ3n) is 2.28. The van der Waals surface area contributed by atoms with Gasteiger partial charge < -0.3 is 10.6 Å². The van der Waals surface area contributed by atoms with Gasteiger partial charge in [0.05, 0.1) is 23.3 Å². The summed E-state index contributed by atoms with van der Waals surface area (Å²) < 4.78 is 13.8. The minimum absolute atomic E-state index is 0.0374. The average Bonchev–Trinajstić information content (AvgIpc) is 2.89. The van der Waals surface area contributed by atoms with Crippen molar-refractivity contribution in [2.24, 2.45) is 0 Å². The summed E-state index contributed by atoms with van der Waals surface area (Å²) in [5.41, 5.74) is 2.38. The number of pyridine rings is 1. The Balaban J connectivity index is 2.09. The maximum absolute atomic E-state index is 13.8. The Kier molecular flexibility index (Phi) is 3.83. The molecule has 0 atom stereocenters. The van der Waals surface area contributed by atoms with Crippen LogP contribution in [-0.4, -0.2) is 22.9 Å². The molecule has 94 valence electrons. The van der Waals surface area contributed by atoms with E-state index in [1.165, 1.54) is 23.6 Å². The molecule has 0 fully saturated rings. The van der Waals surface area contributed by atoms with Gasteiger partial charge in [0.25, 0.3) is 5.91 Å². The molecule has 0 bridgehead atoms. The summed E-state index contributed by atoms with van der Waals surface area (Å²) in [4.78, 5) is 19.6. The standard InChI is InChI=1S/C11H11FN4OS/c1-13-10-9(12)8(2-3-14-10)11(17)15-4-7-5-18-6-16-7/h2-3,5-6H,4H2,1H3,(H,13,14)(H,15,17). The maximum atomic E-state index is 13.8. The van der Waals surface area contributed by atoms with Crippen LogP contribution >= 0.6 is 11.3 Å². The van der Waals surface area contributed by atoms with Gasteiger partial charge in [-0.25, -0.2) is 14.4 Å². The van der Waals surface area contributed by atoms with Crippen LogP contribution in [0.3, 0.4) is 0 Å².